The highest BCUT2D eigenvalue weighted by Crippen LogP contribution is 2.39. The third kappa shape index (κ3) is 3.75. The van der Waals surface area contributed by atoms with E-state index >= 15 is 0 Å². The molecule has 0 spiro atoms. The number of Topliss-reactive ketones (excluding diaryl/α,β-unsaturated/α-hetero) is 1. The Kier molecular flexibility index (Phi) is 4.76. The van der Waals surface area contributed by atoms with Gasteiger partial charge in [0.1, 0.15) is 0 Å². The molecule has 0 radical (unpaired) electrons. The molecule has 0 aliphatic heterocycles. The van der Waals surface area contributed by atoms with Crippen LogP contribution in [0.15, 0.2) is 6.07 Å². The van der Waals surface area contributed by atoms with Crippen LogP contribution >= 0.6 is 46.4 Å². The van der Waals surface area contributed by atoms with Gasteiger partial charge >= 0.3 is 0 Å². The first-order chi connectivity index (χ1) is 7.63. The molecule has 94 valence electrons. The molecule has 1 rings (SSSR count). The Hall–Kier alpha value is 0.0500. The first-order valence-electron chi connectivity index (χ1n) is 4.99. The molecule has 1 nitrogen and oxygen atoms in total. The van der Waals surface area contributed by atoms with E-state index in [1.807, 2.05) is 20.8 Å². The van der Waals surface area contributed by atoms with E-state index in [1.54, 1.807) is 0 Å². The van der Waals surface area contributed by atoms with Crippen LogP contribution in [0.4, 0.5) is 0 Å². The van der Waals surface area contributed by atoms with Crippen molar-refractivity contribution >= 4 is 52.2 Å². The number of hydrogen-bond acceptors (Lipinski definition) is 1. The molecule has 0 heterocycles. The molecule has 0 amide bonds. The highest BCUT2D eigenvalue weighted by molar-refractivity contribution is 6.51. The summed E-state index contributed by atoms with van der Waals surface area (Å²) >= 11 is 23.7. The van der Waals surface area contributed by atoms with E-state index in [1.165, 1.54) is 6.07 Å². The average Bonchev–Trinajstić information content (AvgIpc) is 2.11. The maximum Gasteiger partial charge on any atom is 0.166 e. The smallest absolute Gasteiger partial charge is 0.166 e. The lowest BCUT2D eigenvalue weighted by Crippen LogP contribution is -2.14. The van der Waals surface area contributed by atoms with Gasteiger partial charge in [0.05, 0.1) is 25.7 Å². The molecule has 0 saturated heterocycles. The summed E-state index contributed by atoms with van der Waals surface area (Å²) in [4.78, 5) is 12.1. The lowest BCUT2D eigenvalue weighted by molar-refractivity contribution is 0.0940. The number of hydrogen-bond donors (Lipinski definition) is 0. The Morgan fingerprint density at radius 2 is 1.59 bits per heavy atom. The zero-order chi connectivity index (χ0) is 13.4. The van der Waals surface area contributed by atoms with E-state index in [0.717, 1.165) is 0 Å². The number of ketones is 1. The van der Waals surface area contributed by atoms with Crippen molar-refractivity contribution in [1.29, 1.82) is 0 Å². The fraction of sp³-hybridized carbons (Fsp3) is 0.417. The van der Waals surface area contributed by atoms with E-state index in [0.29, 0.717) is 6.42 Å². The van der Waals surface area contributed by atoms with Gasteiger partial charge in [0, 0.05) is 6.42 Å². The van der Waals surface area contributed by atoms with Crippen molar-refractivity contribution in [2.75, 3.05) is 0 Å². The number of carbonyl (C=O) groups is 1. The van der Waals surface area contributed by atoms with Gasteiger partial charge in [-0.1, -0.05) is 67.2 Å². The van der Waals surface area contributed by atoms with Gasteiger partial charge in [0.15, 0.2) is 5.78 Å². The first-order valence-corrected chi connectivity index (χ1v) is 6.51. The lowest BCUT2D eigenvalue weighted by Gasteiger charge is -2.18. The minimum atomic E-state index is -0.143. The van der Waals surface area contributed by atoms with Crippen LogP contribution in [0.25, 0.3) is 0 Å². The summed E-state index contributed by atoms with van der Waals surface area (Å²) in [6.45, 7) is 5.89. The van der Waals surface area contributed by atoms with E-state index in [4.69, 9.17) is 46.4 Å². The summed E-state index contributed by atoms with van der Waals surface area (Å²) in [5, 5.41) is 0.765. The molecular weight excluding hydrogens is 302 g/mol. The molecule has 5 heteroatoms. The molecule has 1 aromatic carbocycles. The highest BCUT2D eigenvalue weighted by Gasteiger charge is 2.23. The van der Waals surface area contributed by atoms with E-state index in [9.17, 15) is 4.79 Å². The van der Waals surface area contributed by atoms with Crippen LogP contribution in [0.2, 0.25) is 20.1 Å². The SMILES string of the molecule is CC(C)(C)CC(=O)c1c(Cl)cc(Cl)c(Cl)c1Cl. The molecule has 0 saturated carbocycles. The van der Waals surface area contributed by atoms with Crippen LogP contribution in [0.5, 0.6) is 0 Å². The van der Waals surface area contributed by atoms with Crippen molar-refractivity contribution in [2.45, 2.75) is 27.2 Å². The Balaban J connectivity index is 3.24. The van der Waals surface area contributed by atoms with Crippen molar-refractivity contribution in [3.63, 3.8) is 0 Å². The normalized spacial score (nSPS) is 11.7. The van der Waals surface area contributed by atoms with E-state index in [-0.39, 0.29) is 36.9 Å². The highest BCUT2D eigenvalue weighted by atomic mass is 35.5. The minimum absolute atomic E-state index is 0.124. The molecule has 17 heavy (non-hydrogen) atoms. The molecule has 0 aromatic heterocycles. The third-order valence-electron chi connectivity index (χ3n) is 2.08. The van der Waals surface area contributed by atoms with Crippen molar-refractivity contribution in [2.24, 2.45) is 5.41 Å². The standard InChI is InChI=1S/C12H12Cl4O/c1-12(2,3)5-8(17)9-6(13)4-7(14)10(15)11(9)16/h4H,5H2,1-3H3. The molecule has 0 atom stereocenters. The molecule has 0 aliphatic rings. The Morgan fingerprint density at radius 3 is 2.06 bits per heavy atom. The summed E-state index contributed by atoms with van der Waals surface area (Å²) < 4.78 is 0. The zero-order valence-corrected chi connectivity index (χ0v) is 12.7. The van der Waals surface area contributed by atoms with Gasteiger partial charge in [0.2, 0.25) is 0 Å². The predicted octanol–water partition coefficient (Wildman–Crippen LogP) is 5.92. The Morgan fingerprint density at radius 1 is 1.06 bits per heavy atom. The summed E-state index contributed by atoms with van der Waals surface area (Å²) in [7, 11) is 0. The number of benzene rings is 1. The zero-order valence-electron chi connectivity index (χ0n) is 9.70. The molecule has 0 unspecified atom stereocenters. The van der Waals surface area contributed by atoms with Crippen molar-refractivity contribution in [1.82, 2.24) is 0 Å². The Labute approximate surface area is 121 Å². The third-order valence-corrected chi connectivity index (χ3v) is 3.64. The molecule has 0 aliphatic carbocycles. The second-order valence-electron chi connectivity index (χ2n) is 5.00. The lowest BCUT2D eigenvalue weighted by atomic mass is 9.88. The van der Waals surface area contributed by atoms with Gasteiger partial charge in [-0.05, 0) is 11.5 Å². The van der Waals surface area contributed by atoms with Crippen LogP contribution in [0.1, 0.15) is 37.6 Å². The molecule has 0 N–H and O–H groups in total. The summed E-state index contributed by atoms with van der Waals surface area (Å²) in [5.74, 6) is -0.133. The van der Waals surface area contributed by atoms with Gasteiger partial charge in [-0.25, -0.2) is 0 Å². The second-order valence-corrected chi connectivity index (χ2v) is 6.57. The molecule has 0 bridgehead atoms. The van der Waals surface area contributed by atoms with Gasteiger partial charge in [-0.15, -0.1) is 0 Å². The van der Waals surface area contributed by atoms with Gasteiger partial charge < -0.3 is 0 Å². The largest absolute Gasteiger partial charge is 0.294 e. The first kappa shape index (κ1) is 15.1. The summed E-state index contributed by atoms with van der Waals surface area (Å²) in [6.07, 6.45) is 0.338. The minimum Gasteiger partial charge on any atom is -0.294 e. The monoisotopic (exact) mass is 312 g/mol. The van der Waals surface area contributed by atoms with Gasteiger partial charge in [-0.3, -0.25) is 4.79 Å². The number of carbonyl (C=O) groups excluding carboxylic acids is 1. The van der Waals surface area contributed by atoms with Crippen LogP contribution in [0.3, 0.4) is 0 Å². The topological polar surface area (TPSA) is 17.1 Å². The van der Waals surface area contributed by atoms with Crippen LogP contribution in [0, 0.1) is 5.41 Å². The maximum absolute atomic E-state index is 12.1. The number of rotatable bonds is 2. The van der Waals surface area contributed by atoms with Crippen LogP contribution in [-0.2, 0) is 0 Å². The predicted molar refractivity (Wildman–Crippen MR) is 74.9 cm³/mol. The van der Waals surface area contributed by atoms with Gasteiger partial charge in [-0.2, -0.15) is 0 Å². The van der Waals surface area contributed by atoms with Crippen LogP contribution in [-0.4, -0.2) is 5.78 Å². The van der Waals surface area contributed by atoms with Crippen molar-refractivity contribution in [3.05, 3.63) is 31.7 Å². The van der Waals surface area contributed by atoms with Crippen LogP contribution < -0.4 is 0 Å². The molecule has 1 aromatic rings. The molecule has 0 fully saturated rings. The summed E-state index contributed by atoms with van der Waals surface area (Å²) in [5.41, 5.74) is 0.105. The van der Waals surface area contributed by atoms with Crippen molar-refractivity contribution < 1.29 is 4.79 Å². The number of halogens is 4. The van der Waals surface area contributed by atoms with E-state index in [2.05, 4.69) is 0 Å². The Bertz CT molecular complexity index is 461. The average molecular weight is 314 g/mol. The van der Waals surface area contributed by atoms with Gasteiger partial charge in [0.25, 0.3) is 0 Å². The summed E-state index contributed by atoms with van der Waals surface area (Å²) in [6, 6.07) is 1.44. The maximum atomic E-state index is 12.1. The fourth-order valence-corrected chi connectivity index (χ4v) is 2.52. The quantitative estimate of drug-likeness (QED) is 0.376. The van der Waals surface area contributed by atoms with Crippen molar-refractivity contribution in [3.8, 4) is 0 Å². The van der Waals surface area contributed by atoms with E-state index < -0.39 is 0 Å². The fourth-order valence-electron chi connectivity index (χ4n) is 1.39. The second kappa shape index (κ2) is 5.36. The molecular formula is C12H12Cl4O.